The summed E-state index contributed by atoms with van der Waals surface area (Å²) >= 11 is 1.64. The Morgan fingerprint density at radius 1 is 1.27 bits per heavy atom. The summed E-state index contributed by atoms with van der Waals surface area (Å²) in [6, 6.07) is 10.1. The van der Waals surface area contributed by atoms with Crippen LogP contribution in [0.5, 0.6) is 11.5 Å². The highest BCUT2D eigenvalue weighted by Crippen LogP contribution is 2.34. The van der Waals surface area contributed by atoms with E-state index in [1.54, 1.807) is 18.4 Å². The molecular formula is C20H22N2O3S. The molecule has 136 valence electrons. The molecule has 6 heteroatoms. The quantitative estimate of drug-likeness (QED) is 0.676. The van der Waals surface area contributed by atoms with Crippen LogP contribution >= 0.6 is 11.3 Å². The van der Waals surface area contributed by atoms with E-state index in [1.165, 1.54) is 0 Å². The third kappa shape index (κ3) is 3.48. The molecule has 1 aliphatic heterocycles. The molecule has 0 atom stereocenters. The lowest BCUT2D eigenvalue weighted by molar-refractivity contribution is 0.193. The number of aromatic nitrogens is 1. The SMILES string of the molecule is COc1cccc2c1OCCCN(Cc1nc(-c3cccs3)oc1C)C2. The maximum absolute atomic E-state index is 5.94. The normalized spacial score (nSPS) is 15.0. The van der Waals surface area contributed by atoms with Crippen molar-refractivity contribution in [3.63, 3.8) is 0 Å². The highest BCUT2D eigenvalue weighted by Gasteiger charge is 2.20. The van der Waals surface area contributed by atoms with Crippen LogP contribution in [-0.4, -0.2) is 30.1 Å². The molecule has 0 bridgehead atoms. The van der Waals surface area contributed by atoms with E-state index in [9.17, 15) is 0 Å². The summed E-state index contributed by atoms with van der Waals surface area (Å²) in [5.41, 5.74) is 2.14. The second kappa shape index (κ2) is 7.51. The summed E-state index contributed by atoms with van der Waals surface area (Å²) in [5.74, 6) is 3.25. The van der Waals surface area contributed by atoms with E-state index < -0.39 is 0 Å². The zero-order chi connectivity index (χ0) is 17.9. The van der Waals surface area contributed by atoms with E-state index in [2.05, 4.69) is 11.0 Å². The fourth-order valence-electron chi connectivity index (χ4n) is 3.22. The average Bonchev–Trinajstić information content (AvgIpc) is 3.27. The van der Waals surface area contributed by atoms with Crippen molar-refractivity contribution in [2.45, 2.75) is 26.4 Å². The largest absolute Gasteiger partial charge is 0.493 e. The molecule has 0 N–H and O–H groups in total. The monoisotopic (exact) mass is 370 g/mol. The van der Waals surface area contributed by atoms with Gasteiger partial charge in [0.25, 0.3) is 0 Å². The van der Waals surface area contributed by atoms with Crippen molar-refractivity contribution in [1.82, 2.24) is 9.88 Å². The molecule has 4 rings (SSSR count). The third-order valence-electron chi connectivity index (χ3n) is 4.54. The fraction of sp³-hybridized carbons (Fsp3) is 0.350. The Kier molecular flexibility index (Phi) is 4.95. The topological polar surface area (TPSA) is 47.7 Å². The van der Waals surface area contributed by atoms with Crippen LogP contribution in [0.25, 0.3) is 10.8 Å². The number of benzene rings is 1. The van der Waals surface area contributed by atoms with E-state index >= 15 is 0 Å². The number of hydrogen-bond donors (Lipinski definition) is 0. The molecular weight excluding hydrogens is 348 g/mol. The number of methoxy groups -OCH3 is 1. The van der Waals surface area contributed by atoms with Crippen molar-refractivity contribution in [2.75, 3.05) is 20.3 Å². The van der Waals surface area contributed by atoms with Crippen LogP contribution < -0.4 is 9.47 Å². The van der Waals surface area contributed by atoms with Gasteiger partial charge in [0.15, 0.2) is 11.5 Å². The molecule has 5 nitrogen and oxygen atoms in total. The highest BCUT2D eigenvalue weighted by molar-refractivity contribution is 7.13. The zero-order valence-electron chi connectivity index (χ0n) is 15.0. The number of aryl methyl sites for hydroxylation is 1. The molecule has 1 aromatic carbocycles. The number of para-hydroxylation sites is 1. The van der Waals surface area contributed by atoms with Gasteiger partial charge in [-0.05, 0) is 30.9 Å². The number of ether oxygens (including phenoxy) is 2. The molecule has 0 saturated heterocycles. The maximum atomic E-state index is 5.94. The lowest BCUT2D eigenvalue weighted by Crippen LogP contribution is -2.28. The Morgan fingerprint density at radius 3 is 3.00 bits per heavy atom. The first-order valence-corrected chi connectivity index (χ1v) is 9.64. The summed E-state index contributed by atoms with van der Waals surface area (Å²) < 4.78 is 17.3. The number of rotatable bonds is 4. The lowest BCUT2D eigenvalue weighted by Gasteiger charge is -2.26. The molecule has 3 heterocycles. The molecule has 0 radical (unpaired) electrons. The van der Waals surface area contributed by atoms with Crippen LogP contribution in [0.3, 0.4) is 0 Å². The zero-order valence-corrected chi connectivity index (χ0v) is 15.8. The predicted octanol–water partition coefficient (Wildman–Crippen LogP) is 4.50. The van der Waals surface area contributed by atoms with Crippen molar-refractivity contribution >= 4 is 11.3 Å². The number of fused-ring (bicyclic) bond motifs is 1. The van der Waals surface area contributed by atoms with Crippen LogP contribution in [-0.2, 0) is 13.1 Å². The minimum absolute atomic E-state index is 0.683. The van der Waals surface area contributed by atoms with Crippen LogP contribution in [0.4, 0.5) is 0 Å². The van der Waals surface area contributed by atoms with Gasteiger partial charge in [0.2, 0.25) is 5.89 Å². The summed E-state index contributed by atoms with van der Waals surface area (Å²) in [7, 11) is 1.68. The fourth-order valence-corrected chi connectivity index (χ4v) is 3.87. The van der Waals surface area contributed by atoms with E-state index in [0.29, 0.717) is 12.5 Å². The van der Waals surface area contributed by atoms with Crippen LogP contribution in [0, 0.1) is 6.92 Å². The Hall–Kier alpha value is -2.31. The minimum atomic E-state index is 0.683. The first kappa shape index (κ1) is 17.1. The average molecular weight is 370 g/mol. The van der Waals surface area contributed by atoms with Crippen molar-refractivity contribution in [1.29, 1.82) is 0 Å². The molecule has 3 aromatic rings. The highest BCUT2D eigenvalue weighted by atomic mass is 32.1. The van der Waals surface area contributed by atoms with Gasteiger partial charge in [0.05, 0.1) is 24.3 Å². The summed E-state index contributed by atoms with van der Waals surface area (Å²) in [4.78, 5) is 8.19. The molecule has 0 saturated carbocycles. The van der Waals surface area contributed by atoms with Crippen LogP contribution in [0.15, 0.2) is 40.1 Å². The van der Waals surface area contributed by atoms with Gasteiger partial charge in [-0.3, -0.25) is 4.90 Å². The molecule has 0 aliphatic carbocycles. The van der Waals surface area contributed by atoms with Gasteiger partial charge in [-0.1, -0.05) is 18.2 Å². The standard InChI is InChI=1S/C20H22N2O3S/c1-14-16(21-20(25-14)18-8-4-11-26-18)13-22-9-5-10-24-19-15(12-22)6-3-7-17(19)23-2/h3-4,6-8,11H,5,9-10,12-13H2,1-2H3. The second-order valence-electron chi connectivity index (χ2n) is 6.36. The lowest BCUT2D eigenvalue weighted by atomic mass is 10.1. The molecule has 2 aromatic heterocycles. The van der Waals surface area contributed by atoms with Gasteiger partial charge < -0.3 is 13.9 Å². The minimum Gasteiger partial charge on any atom is -0.493 e. The van der Waals surface area contributed by atoms with Gasteiger partial charge >= 0.3 is 0 Å². The van der Waals surface area contributed by atoms with Crippen LogP contribution in [0.2, 0.25) is 0 Å². The van der Waals surface area contributed by atoms with E-state index in [0.717, 1.165) is 59.4 Å². The maximum Gasteiger partial charge on any atom is 0.236 e. The van der Waals surface area contributed by atoms with Gasteiger partial charge in [0.1, 0.15) is 5.76 Å². The Bertz CT molecular complexity index is 873. The molecule has 0 fully saturated rings. The number of nitrogens with zero attached hydrogens (tertiary/aromatic N) is 2. The van der Waals surface area contributed by atoms with Gasteiger partial charge in [-0.25, -0.2) is 4.98 Å². The Balaban J connectivity index is 1.56. The first-order valence-electron chi connectivity index (χ1n) is 8.76. The van der Waals surface area contributed by atoms with Gasteiger partial charge in [-0.2, -0.15) is 0 Å². The van der Waals surface area contributed by atoms with Crippen molar-refractivity contribution in [3.8, 4) is 22.3 Å². The van der Waals surface area contributed by atoms with Gasteiger partial charge in [-0.15, -0.1) is 11.3 Å². The predicted molar refractivity (Wildman–Crippen MR) is 102 cm³/mol. The Morgan fingerprint density at radius 2 is 2.19 bits per heavy atom. The van der Waals surface area contributed by atoms with Crippen molar-refractivity contribution in [3.05, 3.63) is 52.7 Å². The molecule has 0 amide bonds. The Labute approximate surface area is 157 Å². The molecule has 0 spiro atoms. The van der Waals surface area contributed by atoms with Crippen molar-refractivity contribution < 1.29 is 13.9 Å². The third-order valence-corrected chi connectivity index (χ3v) is 5.40. The molecule has 1 aliphatic rings. The smallest absolute Gasteiger partial charge is 0.236 e. The summed E-state index contributed by atoms with van der Waals surface area (Å²) in [6.45, 7) is 5.19. The van der Waals surface area contributed by atoms with E-state index in [4.69, 9.17) is 18.9 Å². The molecule has 0 unspecified atom stereocenters. The summed E-state index contributed by atoms with van der Waals surface area (Å²) in [6.07, 6.45) is 0.964. The van der Waals surface area contributed by atoms with E-state index in [-0.39, 0.29) is 0 Å². The summed E-state index contributed by atoms with van der Waals surface area (Å²) in [5, 5.41) is 2.04. The number of thiophene rings is 1. The van der Waals surface area contributed by atoms with E-state index in [1.807, 2.05) is 36.6 Å². The number of oxazole rings is 1. The van der Waals surface area contributed by atoms with Gasteiger partial charge in [0, 0.05) is 25.2 Å². The first-order chi connectivity index (χ1) is 12.7. The second-order valence-corrected chi connectivity index (χ2v) is 7.31. The number of hydrogen-bond acceptors (Lipinski definition) is 6. The van der Waals surface area contributed by atoms with Crippen LogP contribution in [0.1, 0.15) is 23.4 Å². The van der Waals surface area contributed by atoms with Crippen molar-refractivity contribution in [2.24, 2.45) is 0 Å². The molecule has 26 heavy (non-hydrogen) atoms.